The lowest BCUT2D eigenvalue weighted by atomic mass is 9.91. The van der Waals surface area contributed by atoms with Gasteiger partial charge in [-0.1, -0.05) is 0 Å². The Morgan fingerprint density at radius 3 is 3.00 bits per heavy atom. The summed E-state index contributed by atoms with van der Waals surface area (Å²) in [6.07, 6.45) is 2.46. The molecule has 4 heterocycles. The molecule has 3 aliphatic heterocycles. The zero-order valence-electron chi connectivity index (χ0n) is 14.6. The molecule has 3 fully saturated rings. The third-order valence-corrected chi connectivity index (χ3v) is 5.63. The lowest BCUT2D eigenvalue weighted by Gasteiger charge is -2.35. The number of amides is 2. The highest BCUT2D eigenvalue weighted by atomic mass is 16.5. The van der Waals surface area contributed by atoms with Crippen molar-refractivity contribution in [2.75, 3.05) is 19.6 Å². The van der Waals surface area contributed by atoms with Gasteiger partial charge in [0.25, 0.3) is 0 Å². The van der Waals surface area contributed by atoms with E-state index in [0.717, 1.165) is 6.42 Å². The molecule has 2 amide bonds. The van der Waals surface area contributed by atoms with Crippen LogP contribution in [0, 0.1) is 5.92 Å². The van der Waals surface area contributed by atoms with Crippen molar-refractivity contribution in [3.63, 3.8) is 0 Å². The Morgan fingerprint density at radius 2 is 2.27 bits per heavy atom. The predicted octanol–water partition coefficient (Wildman–Crippen LogP) is -0.375. The fourth-order valence-corrected chi connectivity index (χ4v) is 4.14. The zero-order valence-corrected chi connectivity index (χ0v) is 14.6. The molecular formula is C18H25N3O5. The molecule has 142 valence electrons. The number of rotatable bonds is 4. The van der Waals surface area contributed by atoms with E-state index in [2.05, 4.69) is 10.6 Å². The van der Waals surface area contributed by atoms with Crippen LogP contribution in [0.4, 0.5) is 0 Å². The van der Waals surface area contributed by atoms with E-state index in [4.69, 9.17) is 9.15 Å². The highest BCUT2D eigenvalue weighted by Gasteiger charge is 2.44. The Hall–Kier alpha value is -1.90. The first-order chi connectivity index (χ1) is 12.6. The van der Waals surface area contributed by atoms with E-state index in [1.807, 2.05) is 6.07 Å². The maximum absolute atomic E-state index is 12.6. The highest BCUT2D eigenvalue weighted by Crippen LogP contribution is 2.33. The van der Waals surface area contributed by atoms with Gasteiger partial charge in [0.1, 0.15) is 17.9 Å². The summed E-state index contributed by atoms with van der Waals surface area (Å²) in [6, 6.07) is 3.08. The van der Waals surface area contributed by atoms with Crippen molar-refractivity contribution in [1.29, 1.82) is 0 Å². The Morgan fingerprint density at radius 1 is 1.38 bits per heavy atom. The third kappa shape index (κ3) is 3.49. The summed E-state index contributed by atoms with van der Waals surface area (Å²) < 4.78 is 11.2. The van der Waals surface area contributed by atoms with Gasteiger partial charge < -0.3 is 29.8 Å². The smallest absolute Gasteiger partial charge is 0.249 e. The van der Waals surface area contributed by atoms with E-state index in [1.165, 1.54) is 0 Å². The van der Waals surface area contributed by atoms with Crippen LogP contribution >= 0.6 is 0 Å². The van der Waals surface area contributed by atoms with Crippen LogP contribution in [-0.4, -0.2) is 65.8 Å². The standard InChI is InChI=1S/C18H25N3O5/c22-13-3-5-19-16(13)18(24)21-6-4-11-8-14(26-15(11)10-21)17(23)20-9-12-2-1-7-25-12/h1-2,7,11,13-16,19,22H,3-6,8-10H2,(H,20,23)/t11-,13+,14+,15+,16?/m1/s1. The largest absolute Gasteiger partial charge is 0.467 e. The van der Waals surface area contributed by atoms with Crippen LogP contribution < -0.4 is 10.6 Å². The highest BCUT2D eigenvalue weighted by molar-refractivity contribution is 5.83. The van der Waals surface area contributed by atoms with Crippen molar-refractivity contribution in [3.05, 3.63) is 24.2 Å². The summed E-state index contributed by atoms with van der Waals surface area (Å²) in [7, 11) is 0. The molecule has 1 aromatic heterocycles. The van der Waals surface area contributed by atoms with Crippen LogP contribution in [0.1, 0.15) is 25.0 Å². The summed E-state index contributed by atoms with van der Waals surface area (Å²) in [6.45, 7) is 2.13. The van der Waals surface area contributed by atoms with Crippen LogP contribution in [0.2, 0.25) is 0 Å². The minimum atomic E-state index is -0.621. The van der Waals surface area contributed by atoms with Crippen molar-refractivity contribution in [1.82, 2.24) is 15.5 Å². The van der Waals surface area contributed by atoms with Gasteiger partial charge in [-0.25, -0.2) is 0 Å². The molecule has 0 aliphatic carbocycles. The lowest BCUT2D eigenvalue weighted by Crippen LogP contribution is -2.53. The zero-order chi connectivity index (χ0) is 18.1. The van der Waals surface area contributed by atoms with E-state index in [1.54, 1.807) is 17.2 Å². The van der Waals surface area contributed by atoms with Gasteiger partial charge in [0.15, 0.2) is 0 Å². The molecule has 4 rings (SSSR count). The number of likely N-dealkylation sites (tertiary alicyclic amines) is 1. The number of hydrogen-bond donors (Lipinski definition) is 3. The number of aliphatic hydroxyl groups excluding tert-OH is 1. The molecule has 26 heavy (non-hydrogen) atoms. The molecule has 0 saturated carbocycles. The average Bonchev–Trinajstić information content (AvgIpc) is 3.38. The molecule has 3 saturated heterocycles. The van der Waals surface area contributed by atoms with Gasteiger partial charge in [0.2, 0.25) is 11.8 Å². The summed E-state index contributed by atoms with van der Waals surface area (Å²) in [5.41, 5.74) is 0. The van der Waals surface area contributed by atoms with Gasteiger partial charge in [0.05, 0.1) is 25.0 Å². The second-order valence-corrected chi connectivity index (χ2v) is 7.32. The number of hydrogen-bond acceptors (Lipinski definition) is 6. The van der Waals surface area contributed by atoms with Crippen molar-refractivity contribution in [2.45, 2.75) is 50.2 Å². The molecule has 0 aromatic carbocycles. The molecule has 8 heteroatoms. The van der Waals surface area contributed by atoms with Crippen LogP contribution in [0.5, 0.6) is 0 Å². The van der Waals surface area contributed by atoms with Crippen molar-refractivity contribution < 1.29 is 23.8 Å². The van der Waals surface area contributed by atoms with E-state index in [9.17, 15) is 14.7 Å². The molecule has 1 unspecified atom stereocenters. The number of fused-ring (bicyclic) bond motifs is 1. The van der Waals surface area contributed by atoms with E-state index in [0.29, 0.717) is 50.7 Å². The first kappa shape index (κ1) is 17.5. The van der Waals surface area contributed by atoms with Crippen LogP contribution in [-0.2, 0) is 20.9 Å². The normalized spacial score (nSPS) is 33.9. The number of aliphatic hydroxyl groups is 1. The fourth-order valence-electron chi connectivity index (χ4n) is 4.14. The Labute approximate surface area is 151 Å². The molecule has 0 spiro atoms. The molecular weight excluding hydrogens is 338 g/mol. The predicted molar refractivity (Wildman–Crippen MR) is 90.9 cm³/mol. The average molecular weight is 363 g/mol. The van der Waals surface area contributed by atoms with E-state index >= 15 is 0 Å². The Bertz CT molecular complexity index is 649. The Balaban J connectivity index is 1.30. The van der Waals surface area contributed by atoms with Gasteiger partial charge in [-0.3, -0.25) is 9.59 Å². The molecule has 0 radical (unpaired) electrons. The maximum Gasteiger partial charge on any atom is 0.249 e. The quantitative estimate of drug-likeness (QED) is 0.674. The summed E-state index contributed by atoms with van der Waals surface area (Å²) in [4.78, 5) is 26.7. The number of nitrogens with one attached hydrogen (secondary N) is 2. The number of carbonyl (C=O) groups is 2. The number of ether oxygens (including phenoxy) is 1. The fraction of sp³-hybridized carbons (Fsp3) is 0.667. The molecule has 1 aromatic rings. The molecule has 3 N–H and O–H groups in total. The monoisotopic (exact) mass is 363 g/mol. The SMILES string of the molecule is O=C(NCc1ccco1)[C@@H]1C[C@H]2CCN(C(=O)C3NCC[C@@H]3O)C[C@@H]2O1. The summed E-state index contributed by atoms with van der Waals surface area (Å²) in [5, 5.41) is 15.8. The van der Waals surface area contributed by atoms with Gasteiger partial charge in [-0.05, 0) is 43.9 Å². The van der Waals surface area contributed by atoms with Crippen LogP contribution in [0.25, 0.3) is 0 Å². The minimum absolute atomic E-state index is 0.0669. The second-order valence-electron chi connectivity index (χ2n) is 7.32. The topological polar surface area (TPSA) is 104 Å². The molecule has 3 aliphatic rings. The van der Waals surface area contributed by atoms with Gasteiger partial charge in [0, 0.05) is 13.1 Å². The number of piperidine rings is 1. The lowest BCUT2D eigenvalue weighted by molar-refractivity contribution is -0.141. The third-order valence-electron chi connectivity index (χ3n) is 5.63. The van der Waals surface area contributed by atoms with Gasteiger partial charge in [-0.15, -0.1) is 0 Å². The molecule has 5 atom stereocenters. The number of furan rings is 1. The summed E-state index contributed by atoms with van der Waals surface area (Å²) >= 11 is 0. The first-order valence-electron chi connectivity index (χ1n) is 9.27. The Kier molecular flexibility index (Phi) is 4.97. The van der Waals surface area contributed by atoms with E-state index in [-0.39, 0.29) is 17.9 Å². The maximum atomic E-state index is 12.6. The minimum Gasteiger partial charge on any atom is -0.467 e. The first-order valence-corrected chi connectivity index (χ1v) is 9.27. The van der Waals surface area contributed by atoms with Crippen molar-refractivity contribution >= 4 is 11.8 Å². The summed E-state index contributed by atoms with van der Waals surface area (Å²) in [5.74, 6) is 0.789. The van der Waals surface area contributed by atoms with E-state index < -0.39 is 18.2 Å². The van der Waals surface area contributed by atoms with Gasteiger partial charge >= 0.3 is 0 Å². The van der Waals surface area contributed by atoms with Crippen LogP contribution in [0.15, 0.2) is 22.8 Å². The van der Waals surface area contributed by atoms with Gasteiger partial charge in [-0.2, -0.15) is 0 Å². The second kappa shape index (κ2) is 7.38. The molecule has 0 bridgehead atoms. The van der Waals surface area contributed by atoms with Crippen molar-refractivity contribution in [2.24, 2.45) is 5.92 Å². The molecule has 8 nitrogen and oxygen atoms in total. The number of nitrogens with zero attached hydrogens (tertiary/aromatic N) is 1. The van der Waals surface area contributed by atoms with Crippen molar-refractivity contribution in [3.8, 4) is 0 Å². The van der Waals surface area contributed by atoms with Crippen LogP contribution in [0.3, 0.4) is 0 Å². The number of carbonyl (C=O) groups excluding carboxylic acids is 2.